The predicted octanol–water partition coefficient (Wildman–Crippen LogP) is 2.66. The zero-order valence-corrected chi connectivity index (χ0v) is 11.4. The van der Waals surface area contributed by atoms with E-state index in [1.807, 2.05) is 6.92 Å². The smallest absolute Gasteiger partial charge is 0.405 e. The van der Waals surface area contributed by atoms with Crippen molar-refractivity contribution in [1.82, 2.24) is 4.90 Å². The summed E-state index contributed by atoms with van der Waals surface area (Å²) in [5.74, 6) is -2.88. The van der Waals surface area contributed by atoms with Crippen molar-refractivity contribution < 1.29 is 23.1 Å². The van der Waals surface area contributed by atoms with Crippen molar-refractivity contribution in [2.45, 2.75) is 38.8 Å². The van der Waals surface area contributed by atoms with Gasteiger partial charge >= 0.3 is 12.1 Å². The van der Waals surface area contributed by atoms with Gasteiger partial charge in [0.15, 0.2) is 5.92 Å². The van der Waals surface area contributed by atoms with Crippen LogP contribution in [0.5, 0.6) is 0 Å². The highest BCUT2D eigenvalue weighted by Gasteiger charge is 2.44. The van der Waals surface area contributed by atoms with Crippen molar-refractivity contribution in [3.05, 3.63) is 0 Å². The standard InChI is InChI=1S/C13H19F3N2O2/c1-2-3-12(11(19)20)4-6-18(7-5-12)9-10(8-17)13(14,15)16/h10H,2-7,9H2,1H3,(H,19,20). The van der Waals surface area contributed by atoms with Gasteiger partial charge in [-0.15, -0.1) is 0 Å². The summed E-state index contributed by atoms with van der Waals surface area (Å²) in [7, 11) is 0. The average molecular weight is 292 g/mol. The number of nitrogens with zero attached hydrogens (tertiary/aromatic N) is 2. The van der Waals surface area contributed by atoms with E-state index in [0.717, 1.165) is 6.42 Å². The lowest BCUT2D eigenvalue weighted by Gasteiger charge is -2.39. The van der Waals surface area contributed by atoms with Gasteiger partial charge in [0.2, 0.25) is 0 Å². The molecule has 1 heterocycles. The molecule has 1 aliphatic rings. The molecule has 0 saturated carbocycles. The first-order valence-corrected chi connectivity index (χ1v) is 6.67. The van der Waals surface area contributed by atoms with Gasteiger partial charge in [0.1, 0.15) is 0 Å². The number of nitriles is 1. The molecule has 7 heteroatoms. The van der Waals surface area contributed by atoms with Gasteiger partial charge in [-0.3, -0.25) is 4.79 Å². The maximum Gasteiger partial charge on any atom is 0.405 e. The van der Waals surface area contributed by atoms with E-state index in [9.17, 15) is 23.1 Å². The number of aliphatic carboxylic acids is 1. The second-order valence-electron chi connectivity index (χ2n) is 5.36. The second-order valence-corrected chi connectivity index (χ2v) is 5.36. The zero-order chi connectivity index (χ0) is 15.4. The molecule has 0 aromatic rings. The number of rotatable bonds is 5. The number of halogens is 3. The molecule has 0 bridgehead atoms. The third kappa shape index (κ3) is 3.85. The summed E-state index contributed by atoms with van der Waals surface area (Å²) in [6.45, 7) is 2.11. The summed E-state index contributed by atoms with van der Waals surface area (Å²) in [5, 5.41) is 17.9. The van der Waals surface area contributed by atoms with E-state index in [4.69, 9.17) is 5.26 Å². The quantitative estimate of drug-likeness (QED) is 0.846. The monoisotopic (exact) mass is 292 g/mol. The number of alkyl halides is 3. The first-order chi connectivity index (χ1) is 9.25. The van der Waals surface area contributed by atoms with Crippen LogP contribution < -0.4 is 0 Å². The van der Waals surface area contributed by atoms with Gasteiger partial charge in [-0.25, -0.2) is 0 Å². The van der Waals surface area contributed by atoms with Gasteiger partial charge < -0.3 is 10.0 Å². The van der Waals surface area contributed by atoms with Crippen LogP contribution in [0.2, 0.25) is 0 Å². The van der Waals surface area contributed by atoms with Gasteiger partial charge in [0.05, 0.1) is 11.5 Å². The lowest BCUT2D eigenvalue weighted by molar-refractivity contribution is -0.167. The molecule has 4 nitrogen and oxygen atoms in total. The largest absolute Gasteiger partial charge is 0.481 e. The Hall–Kier alpha value is -1.29. The molecule has 1 atom stereocenters. The first-order valence-electron chi connectivity index (χ1n) is 6.67. The maximum absolute atomic E-state index is 12.5. The van der Waals surface area contributed by atoms with Gasteiger partial charge in [-0.2, -0.15) is 18.4 Å². The fourth-order valence-electron chi connectivity index (χ4n) is 2.69. The molecule has 0 amide bonds. The van der Waals surface area contributed by atoms with Crippen LogP contribution in [0.4, 0.5) is 13.2 Å². The van der Waals surface area contributed by atoms with Crippen molar-refractivity contribution in [2.75, 3.05) is 19.6 Å². The zero-order valence-electron chi connectivity index (χ0n) is 11.4. The molecular formula is C13H19F3N2O2. The number of hydrogen-bond donors (Lipinski definition) is 1. The second kappa shape index (κ2) is 6.44. The normalized spacial score (nSPS) is 21.1. The summed E-state index contributed by atoms with van der Waals surface area (Å²) in [4.78, 5) is 12.9. The summed E-state index contributed by atoms with van der Waals surface area (Å²) < 4.78 is 37.6. The van der Waals surface area contributed by atoms with Crippen molar-refractivity contribution in [3.63, 3.8) is 0 Å². The van der Waals surface area contributed by atoms with E-state index < -0.39 is 23.5 Å². The molecule has 1 fully saturated rings. The molecule has 0 aromatic carbocycles. The third-order valence-electron chi connectivity index (χ3n) is 3.99. The molecule has 1 N–H and O–H groups in total. The molecule has 114 valence electrons. The van der Waals surface area contributed by atoms with Crippen molar-refractivity contribution in [2.24, 2.45) is 11.3 Å². The van der Waals surface area contributed by atoms with Gasteiger partial charge in [0.25, 0.3) is 0 Å². The fourth-order valence-corrected chi connectivity index (χ4v) is 2.69. The van der Waals surface area contributed by atoms with E-state index in [1.54, 1.807) is 0 Å². The molecule has 1 saturated heterocycles. The highest BCUT2D eigenvalue weighted by Crippen LogP contribution is 2.37. The molecule has 0 aromatic heterocycles. The lowest BCUT2D eigenvalue weighted by Crippen LogP contribution is -2.47. The molecular weight excluding hydrogens is 273 g/mol. The van der Waals surface area contributed by atoms with Crippen LogP contribution in [-0.4, -0.2) is 41.8 Å². The van der Waals surface area contributed by atoms with Crippen LogP contribution in [0, 0.1) is 22.7 Å². The van der Waals surface area contributed by atoms with Crippen molar-refractivity contribution in [3.8, 4) is 6.07 Å². The minimum atomic E-state index is -4.53. The Morgan fingerprint density at radius 2 is 2.00 bits per heavy atom. The van der Waals surface area contributed by atoms with E-state index in [1.165, 1.54) is 11.0 Å². The minimum Gasteiger partial charge on any atom is -0.481 e. The van der Waals surface area contributed by atoms with Crippen molar-refractivity contribution >= 4 is 5.97 Å². The summed E-state index contributed by atoms with van der Waals surface area (Å²) in [6, 6.07) is 1.27. The molecule has 1 rings (SSSR count). The van der Waals surface area contributed by atoms with Gasteiger partial charge in [0, 0.05) is 6.54 Å². The molecule has 1 unspecified atom stereocenters. The van der Waals surface area contributed by atoms with E-state index in [0.29, 0.717) is 32.4 Å². The van der Waals surface area contributed by atoms with Crippen LogP contribution in [0.25, 0.3) is 0 Å². The fraction of sp³-hybridized carbons (Fsp3) is 0.846. The topological polar surface area (TPSA) is 64.3 Å². The average Bonchev–Trinajstić information content (AvgIpc) is 2.36. The molecule has 20 heavy (non-hydrogen) atoms. The maximum atomic E-state index is 12.5. The van der Waals surface area contributed by atoms with Gasteiger partial charge in [-0.1, -0.05) is 13.3 Å². The molecule has 0 aliphatic carbocycles. The number of carboxylic acid groups (broad SMARTS) is 1. The van der Waals surface area contributed by atoms with Crippen LogP contribution in [-0.2, 0) is 4.79 Å². The Bertz CT molecular complexity index is 382. The van der Waals surface area contributed by atoms with Crippen LogP contribution >= 0.6 is 0 Å². The van der Waals surface area contributed by atoms with Crippen LogP contribution in [0.15, 0.2) is 0 Å². The molecule has 0 radical (unpaired) electrons. The summed E-state index contributed by atoms with van der Waals surface area (Å²) in [5.41, 5.74) is -0.814. The Labute approximate surface area is 116 Å². The Morgan fingerprint density at radius 1 is 1.45 bits per heavy atom. The van der Waals surface area contributed by atoms with E-state index in [2.05, 4.69) is 0 Å². The lowest BCUT2D eigenvalue weighted by atomic mass is 9.75. The predicted molar refractivity (Wildman–Crippen MR) is 65.8 cm³/mol. The van der Waals surface area contributed by atoms with Crippen molar-refractivity contribution in [1.29, 1.82) is 5.26 Å². The SMILES string of the molecule is CCCC1(C(=O)O)CCN(CC(C#N)C(F)(F)F)CC1. The van der Waals surface area contributed by atoms with E-state index in [-0.39, 0.29) is 6.54 Å². The van der Waals surface area contributed by atoms with Crippen LogP contribution in [0.1, 0.15) is 32.6 Å². The number of piperidine rings is 1. The van der Waals surface area contributed by atoms with Crippen LogP contribution in [0.3, 0.4) is 0 Å². The number of hydrogen-bond acceptors (Lipinski definition) is 3. The molecule has 0 spiro atoms. The Kier molecular flexibility index (Phi) is 5.40. The Morgan fingerprint density at radius 3 is 2.35 bits per heavy atom. The van der Waals surface area contributed by atoms with E-state index >= 15 is 0 Å². The number of likely N-dealkylation sites (tertiary alicyclic amines) is 1. The first kappa shape index (κ1) is 16.8. The van der Waals surface area contributed by atoms with Gasteiger partial charge in [-0.05, 0) is 32.4 Å². The minimum absolute atomic E-state index is 0.292. The number of carboxylic acids is 1. The highest BCUT2D eigenvalue weighted by molar-refractivity contribution is 5.74. The number of carbonyl (C=O) groups is 1. The Balaban J connectivity index is 2.62. The summed E-state index contributed by atoms with van der Waals surface area (Å²) >= 11 is 0. The third-order valence-corrected chi connectivity index (χ3v) is 3.99. The summed E-state index contributed by atoms with van der Waals surface area (Å²) in [6.07, 6.45) is -2.58. The molecule has 1 aliphatic heterocycles. The highest BCUT2D eigenvalue weighted by atomic mass is 19.4.